The van der Waals surface area contributed by atoms with Crippen LogP contribution in [0.3, 0.4) is 0 Å². The Kier molecular flexibility index (Phi) is 6.06. The van der Waals surface area contributed by atoms with Gasteiger partial charge in [0.2, 0.25) is 11.8 Å². The van der Waals surface area contributed by atoms with E-state index in [0.717, 1.165) is 12.8 Å². The zero-order valence-corrected chi connectivity index (χ0v) is 20.8. The zero-order chi connectivity index (χ0) is 27.3. The second-order valence-corrected chi connectivity index (χ2v) is 10.3. The highest BCUT2D eigenvalue weighted by Crippen LogP contribution is 2.61. The van der Waals surface area contributed by atoms with E-state index in [0.29, 0.717) is 5.69 Å². The number of anilines is 1. The number of hydrogen-bond donors (Lipinski definition) is 0. The van der Waals surface area contributed by atoms with Crippen LogP contribution in [0.4, 0.5) is 11.4 Å². The second-order valence-electron chi connectivity index (χ2n) is 10.3. The van der Waals surface area contributed by atoms with Crippen molar-refractivity contribution in [3.63, 3.8) is 0 Å². The van der Waals surface area contributed by atoms with Gasteiger partial charge < -0.3 is 4.74 Å². The Labute approximate surface area is 223 Å². The number of benzene rings is 3. The lowest BCUT2D eigenvalue weighted by atomic mass is 9.73. The molecule has 0 unspecified atom stereocenters. The maximum absolute atomic E-state index is 13.6. The Balaban J connectivity index is 1.15. The molecule has 3 aromatic carbocycles. The van der Waals surface area contributed by atoms with Gasteiger partial charge in [-0.2, -0.15) is 0 Å². The largest absolute Gasteiger partial charge is 0.454 e. The molecule has 0 spiro atoms. The van der Waals surface area contributed by atoms with E-state index >= 15 is 0 Å². The summed E-state index contributed by atoms with van der Waals surface area (Å²) < 4.78 is 5.16. The summed E-state index contributed by atoms with van der Waals surface area (Å²) in [6.07, 6.45) is 1.76. The van der Waals surface area contributed by atoms with Gasteiger partial charge in [0.05, 0.1) is 28.0 Å². The van der Waals surface area contributed by atoms with Gasteiger partial charge in [0.25, 0.3) is 5.69 Å². The van der Waals surface area contributed by atoms with Gasteiger partial charge in [-0.3, -0.25) is 29.4 Å². The molecule has 1 saturated heterocycles. The highest BCUT2D eigenvalue weighted by atomic mass is 16.6. The van der Waals surface area contributed by atoms with Crippen molar-refractivity contribution in [1.29, 1.82) is 0 Å². The van der Waals surface area contributed by atoms with Gasteiger partial charge in [0, 0.05) is 17.7 Å². The molecule has 1 aliphatic heterocycles. The number of nitrogens with zero attached hydrogens (tertiary/aromatic N) is 2. The normalized spacial score (nSPS) is 25.0. The molecule has 6 rings (SSSR count). The molecule has 0 N–H and O–H groups in total. The third-order valence-electron chi connectivity index (χ3n) is 8.32. The lowest BCUT2D eigenvalue weighted by Gasteiger charge is -2.28. The predicted molar refractivity (Wildman–Crippen MR) is 139 cm³/mol. The Morgan fingerprint density at radius 1 is 0.872 bits per heavy atom. The zero-order valence-electron chi connectivity index (χ0n) is 20.8. The SMILES string of the molecule is O=C(COC(=O)c1cccc(N2C(=O)[C@@H]3[C@@H]4C[C@@H]([C@@H]3C2=O)[C@@H](c2ccccc2)C4)c1)c1ccc([N+](=O)[O-])cc1. The Morgan fingerprint density at radius 3 is 2.31 bits per heavy atom. The molecule has 5 atom stereocenters. The quantitative estimate of drug-likeness (QED) is 0.146. The fourth-order valence-corrected chi connectivity index (χ4v) is 6.64. The Bertz CT molecular complexity index is 1500. The number of amides is 2. The average Bonchev–Trinajstić information content (AvgIpc) is 3.63. The van der Waals surface area contributed by atoms with Crippen molar-refractivity contribution >= 4 is 34.9 Å². The minimum absolute atomic E-state index is 0.104. The van der Waals surface area contributed by atoms with Crippen LogP contribution < -0.4 is 4.90 Å². The summed E-state index contributed by atoms with van der Waals surface area (Å²) in [6.45, 7) is -0.559. The first-order valence-corrected chi connectivity index (χ1v) is 12.8. The van der Waals surface area contributed by atoms with E-state index in [2.05, 4.69) is 12.1 Å². The molecule has 0 aromatic heterocycles. The number of esters is 1. The first kappa shape index (κ1) is 24.7. The molecule has 3 fully saturated rings. The molecule has 2 aliphatic carbocycles. The molecule has 9 heteroatoms. The monoisotopic (exact) mass is 524 g/mol. The van der Waals surface area contributed by atoms with Crippen LogP contribution in [0.2, 0.25) is 0 Å². The second kappa shape index (κ2) is 9.58. The molecular weight excluding hydrogens is 500 g/mol. The molecule has 2 saturated carbocycles. The molecule has 39 heavy (non-hydrogen) atoms. The lowest BCUT2D eigenvalue weighted by Crippen LogP contribution is -2.33. The van der Waals surface area contributed by atoms with Crippen LogP contribution in [-0.4, -0.2) is 35.1 Å². The summed E-state index contributed by atoms with van der Waals surface area (Å²) in [6, 6.07) is 21.2. The van der Waals surface area contributed by atoms with Crippen LogP contribution in [0.25, 0.3) is 0 Å². The fraction of sp³-hybridized carbons (Fsp3) is 0.267. The van der Waals surface area contributed by atoms with E-state index in [4.69, 9.17) is 4.74 Å². The van der Waals surface area contributed by atoms with Gasteiger partial charge in [0.1, 0.15) is 0 Å². The van der Waals surface area contributed by atoms with E-state index in [-0.39, 0.29) is 58.2 Å². The van der Waals surface area contributed by atoms with E-state index in [1.807, 2.05) is 18.2 Å². The van der Waals surface area contributed by atoms with Crippen LogP contribution in [0.1, 0.15) is 45.0 Å². The first-order valence-electron chi connectivity index (χ1n) is 12.8. The minimum atomic E-state index is -0.782. The van der Waals surface area contributed by atoms with Crippen molar-refractivity contribution in [2.75, 3.05) is 11.5 Å². The average molecular weight is 525 g/mol. The maximum Gasteiger partial charge on any atom is 0.338 e. The molecule has 1 heterocycles. The van der Waals surface area contributed by atoms with Gasteiger partial charge in [-0.25, -0.2) is 4.79 Å². The number of ether oxygens (including phenoxy) is 1. The van der Waals surface area contributed by atoms with Crippen LogP contribution in [-0.2, 0) is 14.3 Å². The van der Waals surface area contributed by atoms with Gasteiger partial charge in [0.15, 0.2) is 12.4 Å². The topological polar surface area (TPSA) is 124 Å². The van der Waals surface area contributed by atoms with Crippen molar-refractivity contribution in [1.82, 2.24) is 0 Å². The number of carbonyl (C=O) groups is 4. The van der Waals surface area contributed by atoms with Crippen molar-refractivity contribution < 1.29 is 28.8 Å². The van der Waals surface area contributed by atoms with Crippen LogP contribution >= 0.6 is 0 Å². The number of hydrogen-bond acceptors (Lipinski definition) is 7. The van der Waals surface area contributed by atoms with Gasteiger partial charge >= 0.3 is 5.97 Å². The number of carbonyl (C=O) groups excluding carboxylic acids is 4. The first-order chi connectivity index (χ1) is 18.8. The molecule has 0 radical (unpaired) electrons. The van der Waals surface area contributed by atoms with Crippen molar-refractivity contribution in [3.05, 3.63) is 106 Å². The standard InChI is InChI=1S/C30H24N2O7/c33-25(18-9-11-21(12-10-18)32(37)38)16-39-30(36)19-7-4-8-22(13-19)31-28(34)26-20-14-23(17-5-2-1-3-6-17)24(15-20)27(26)29(31)35/h1-13,20,23-24,26-27H,14-16H2/t20-,23+,24+,26+,27-/m0/s1. The maximum atomic E-state index is 13.6. The number of fused-ring (bicyclic) bond motifs is 5. The van der Waals surface area contributed by atoms with Crippen molar-refractivity contribution in [2.45, 2.75) is 18.8 Å². The van der Waals surface area contributed by atoms with Crippen LogP contribution in [0, 0.1) is 33.8 Å². The number of ketones is 1. The highest BCUT2D eigenvalue weighted by molar-refractivity contribution is 6.23. The molecule has 196 valence electrons. The molecule has 3 aliphatic rings. The van der Waals surface area contributed by atoms with Crippen molar-refractivity contribution in [2.24, 2.45) is 23.7 Å². The minimum Gasteiger partial charge on any atom is -0.454 e. The molecule has 2 bridgehead atoms. The van der Waals surface area contributed by atoms with E-state index in [1.165, 1.54) is 46.9 Å². The van der Waals surface area contributed by atoms with Gasteiger partial charge in [-0.1, -0.05) is 36.4 Å². The fourth-order valence-electron chi connectivity index (χ4n) is 6.64. The number of nitro groups is 1. The highest BCUT2D eigenvalue weighted by Gasteiger charge is 2.64. The third kappa shape index (κ3) is 4.20. The molecule has 3 aromatic rings. The van der Waals surface area contributed by atoms with Gasteiger partial charge in [-0.15, -0.1) is 0 Å². The predicted octanol–water partition coefficient (Wildman–Crippen LogP) is 4.56. The Morgan fingerprint density at radius 2 is 1.59 bits per heavy atom. The van der Waals surface area contributed by atoms with E-state index < -0.39 is 23.3 Å². The number of non-ortho nitro benzene ring substituents is 1. The third-order valence-corrected chi connectivity index (χ3v) is 8.32. The van der Waals surface area contributed by atoms with Crippen LogP contribution in [0.15, 0.2) is 78.9 Å². The molecular formula is C30H24N2O7. The number of nitro benzene ring substituents is 1. The summed E-state index contributed by atoms with van der Waals surface area (Å²) in [5, 5.41) is 10.8. The summed E-state index contributed by atoms with van der Waals surface area (Å²) in [5.41, 5.74) is 1.64. The summed E-state index contributed by atoms with van der Waals surface area (Å²) >= 11 is 0. The lowest BCUT2D eigenvalue weighted by molar-refractivity contribution is -0.384. The smallest absolute Gasteiger partial charge is 0.338 e. The van der Waals surface area contributed by atoms with E-state index in [1.54, 1.807) is 12.1 Å². The molecule has 2 amide bonds. The number of Topliss-reactive ketones (excluding diaryl/α,β-unsaturated/α-hetero) is 1. The van der Waals surface area contributed by atoms with E-state index in [9.17, 15) is 29.3 Å². The van der Waals surface area contributed by atoms with Crippen LogP contribution in [0.5, 0.6) is 0 Å². The van der Waals surface area contributed by atoms with Crippen molar-refractivity contribution in [3.8, 4) is 0 Å². The van der Waals surface area contributed by atoms with Gasteiger partial charge in [-0.05, 0) is 66.5 Å². The summed E-state index contributed by atoms with van der Waals surface area (Å²) in [4.78, 5) is 63.6. The molecule has 9 nitrogen and oxygen atoms in total. The summed E-state index contributed by atoms with van der Waals surface area (Å²) in [7, 11) is 0. The number of imide groups is 1. The number of rotatable bonds is 7. The Hall–Kier alpha value is -4.66. The summed E-state index contributed by atoms with van der Waals surface area (Å²) in [5.74, 6) is -1.92.